The molecule has 64 heavy (non-hydrogen) atoms. The minimum Gasteiger partial charge on any atom is -0.394 e. The summed E-state index contributed by atoms with van der Waals surface area (Å²) >= 11 is 0. The number of rotatable bonds is 27. The number of nitrogens with one attached hydrogen (secondary N) is 4. The van der Waals surface area contributed by atoms with Crippen molar-refractivity contribution in [2.45, 2.75) is 131 Å². The molecular formula is C37H67N5O22. The Morgan fingerprint density at radius 2 is 0.859 bits per heavy atom. The number of carbonyl (C=O) groups is 4. The van der Waals surface area contributed by atoms with Crippen molar-refractivity contribution in [2.24, 2.45) is 0 Å². The second-order valence-electron chi connectivity index (χ2n) is 15.3. The summed E-state index contributed by atoms with van der Waals surface area (Å²) in [6, 6.07) is -1.19. The second kappa shape index (κ2) is 28.3. The first-order valence-corrected chi connectivity index (χ1v) is 21.1. The minimum atomic E-state index is -1.71. The second-order valence-corrected chi connectivity index (χ2v) is 15.3. The van der Waals surface area contributed by atoms with Gasteiger partial charge in [-0.2, -0.15) is 0 Å². The van der Waals surface area contributed by atoms with E-state index >= 15 is 0 Å². The van der Waals surface area contributed by atoms with Crippen molar-refractivity contribution >= 4 is 23.6 Å². The van der Waals surface area contributed by atoms with Gasteiger partial charge in [0.1, 0.15) is 73.2 Å². The number of amides is 4. The summed E-state index contributed by atoms with van der Waals surface area (Å²) in [5, 5.41) is 130. The summed E-state index contributed by atoms with van der Waals surface area (Å²) in [5.74, 6) is -2.31. The number of ether oxygens (including phenoxy) is 6. The maximum absolute atomic E-state index is 13.9. The fourth-order valence-electron chi connectivity index (χ4n) is 6.87. The summed E-state index contributed by atoms with van der Waals surface area (Å²) in [7, 11) is 0. The van der Waals surface area contributed by atoms with Gasteiger partial charge in [-0.05, 0) is 19.3 Å². The molecule has 0 aromatic carbocycles. The van der Waals surface area contributed by atoms with E-state index in [9.17, 15) is 80.5 Å². The Balaban J connectivity index is 1.70. The first-order chi connectivity index (χ1) is 30.5. The molecule has 372 valence electrons. The SMILES string of the molecule is CCC(=O)NCCCC[C@@H](C(=O)NCCO[C@H]1O[C@H](CO)[C@@H](O)[C@H](O)[C@@H]1O)N(CC(=O)NCCO[C@H]1O[C@H](CO)[C@@H](O)[C@H](O)[C@@H]1O)CC(=O)NCCO[C@H]1O[C@H](CO)[C@@H](O)[C@H](O)[C@@H]1O. The number of unbranched alkanes of at least 4 members (excludes halogenated alkanes) is 1. The van der Waals surface area contributed by atoms with Crippen molar-refractivity contribution in [2.75, 3.05) is 78.9 Å². The lowest BCUT2D eigenvalue weighted by atomic mass is 9.99. The van der Waals surface area contributed by atoms with Crippen LogP contribution in [-0.2, 0) is 47.6 Å². The average Bonchev–Trinajstić information content (AvgIpc) is 3.28. The van der Waals surface area contributed by atoms with Crippen molar-refractivity contribution < 1.29 is 109 Å². The third-order valence-corrected chi connectivity index (χ3v) is 10.6. The molecule has 0 spiro atoms. The van der Waals surface area contributed by atoms with E-state index in [4.69, 9.17) is 28.4 Å². The number of aliphatic hydroxyl groups is 12. The molecular weight excluding hydrogens is 866 g/mol. The monoisotopic (exact) mass is 933 g/mol. The Bertz CT molecular complexity index is 1350. The summed E-state index contributed by atoms with van der Waals surface area (Å²) < 4.78 is 32.2. The lowest BCUT2D eigenvalue weighted by Gasteiger charge is -2.39. The smallest absolute Gasteiger partial charge is 0.237 e. The summed E-state index contributed by atoms with van der Waals surface area (Å²) in [6.45, 7) is -2.85. The molecule has 27 nitrogen and oxygen atoms in total. The van der Waals surface area contributed by atoms with Crippen LogP contribution in [0.5, 0.6) is 0 Å². The standard InChI is InChI=1S/C37H67N5O22/c1-2-22(46)38-6-4-3-5-18(34(58)41-9-12-61-37-33(57)30(54)27(51)21(17-45)64-37)42(13-23(47)39-7-10-59-35-31(55)28(52)25(49)19(15-43)62-35)14-24(48)40-8-11-60-36-32(56)29(53)26(50)20(16-44)63-36/h18-21,25-33,35-37,43-45,49-57H,2-17H2,1H3,(H,38,46)(H,39,47)(H,40,48)(H,41,58)/t18-,19+,20+,21+,25+,26+,27+,28-,29-,30-,31-,32-,33-,35-,36-,37-/m0/s1. The molecule has 3 rings (SSSR count). The molecule has 16 atom stereocenters. The maximum Gasteiger partial charge on any atom is 0.237 e. The van der Waals surface area contributed by atoms with Crippen molar-refractivity contribution in [3.63, 3.8) is 0 Å². The Morgan fingerprint density at radius 3 is 1.22 bits per heavy atom. The third kappa shape index (κ3) is 16.5. The van der Waals surface area contributed by atoms with Crippen LogP contribution in [0.15, 0.2) is 0 Å². The number of aliphatic hydroxyl groups excluding tert-OH is 12. The quantitative estimate of drug-likeness (QED) is 0.0340. The van der Waals surface area contributed by atoms with Crippen LogP contribution in [0, 0.1) is 0 Å². The number of hydrogen-bond donors (Lipinski definition) is 16. The normalized spacial score (nSPS) is 33.6. The molecule has 3 fully saturated rings. The molecule has 3 heterocycles. The molecule has 0 radical (unpaired) electrons. The van der Waals surface area contributed by atoms with Crippen LogP contribution in [0.4, 0.5) is 0 Å². The molecule has 3 aliphatic rings. The molecule has 0 aromatic heterocycles. The molecule has 3 saturated heterocycles. The van der Waals surface area contributed by atoms with Crippen LogP contribution in [0.1, 0.15) is 32.6 Å². The molecule has 3 aliphatic heterocycles. The molecule has 4 amide bonds. The minimum absolute atomic E-state index is 0.0440. The van der Waals surface area contributed by atoms with E-state index in [0.29, 0.717) is 12.8 Å². The predicted octanol–water partition coefficient (Wildman–Crippen LogP) is -9.85. The van der Waals surface area contributed by atoms with Crippen molar-refractivity contribution in [1.82, 2.24) is 26.2 Å². The van der Waals surface area contributed by atoms with Gasteiger partial charge < -0.3 is 111 Å². The zero-order chi connectivity index (χ0) is 47.5. The van der Waals surface area contributed by atoms with E-state index in [2.05, 4.69) is 21.3 Å². The van der Waals surface area contributed by atoms with Gasteiger partial charge in [-0.15, -0.1) is 0 Å². The highest BCUT2D eigenvalue weighted by molar-refractivity contribution is 5.86. The van der Waals surface area contributed by atoms with Gasteiger partial charge in [-0.25, -0.2) is 0 Å². The topological polar surface area (TPSA) is 418 Å². The van der Waals surface area contributed by atoms with Gasteiger partial charge in [0.25, 0.3) is 0 Å². The van der Waals surface area contributed by atoms with E-state index in [-0.39, 0.29) is 64.7 Å². The Hall–Kier alpha value is -2.88. The van der Waals surface area contributed by atoms with Crippen LogP contribution in [0.2, 0.25) is 0 Å². The molecule has 0 saturated carbocycles. The average molecular weight is 934 g/mol. The third-order valence-electron chi connectivity index (χ3n) is 10.6. The van der Waals surface area contributed by atoms with Crippen LogP contribution < -0.4 is 21.3 Å². The van der Waals surface area contributed by atoms with E-state index < -0.39 is 149 Å². The lowest BCUT2D eigenvalue weighted by molar-refractivity contribution is -0.300. The predicted molar refractivity (Wildman–Crippen MR) is 211 cm³/mol. The van der Waals surface area contributed by atoms with E-state index in [1.165, 1.54) is 4.90 Å². The highest BCUT2D eigenvalue weighted by Gasteiger charge is 2.46. The molecule has 16 N–H and O–H groups in total. The summed E-state index contributed by atoms with van der Waals surface area (Å²) in [5.41, 5.74) is 0. The fraction of sp³-hybridized carbons (Fsp3) is 0.892. The molecule has 0 aliphatic carbocycles. The highest BCUT2D eigenvalue weighted by Crippen LogP contribution is 2.24. The molecule has 27 heteroatoms. The fourth-order valence-corrected chi connectivity index (χ4v) is 6.87. The van der Waals surface area contributed by atoms with Gasteiger partial charge in [0.2, 0.25) is 23.6 Å². The number of nitrogens with zero attached hydrogens (tertiary/aromatic N) is 1. The van der Waals surface area contributed by atoms with Gasteiger partial charge in [-0.1, -0.05) is 6.92 Å². The van der Waals surface area contributed by atoms with Crippen LogP contribution >= 0.6 is 0 Å². The first kappa shape index (κ1) is 55.4. The van der Waals surface area contributed by atoms with Gasteiger partial charge >= 0.3 is 0 Å². The van der Waals surface area contributed by atoms with Crippen molar-refractivity contribution in [3.8, 4) is 0 Å². The van der Waals surface area contributed by atoms with Crippen molar-refractivity contribution in [1.29, 1.82) is 0 Å². The highest BCUT2D eigenvalue weighted by atomic mass is 16.7. The Kier molecular flexibility index (Phi) is 24.5. The van der Waals surface area contributed by atoms with Gasteiger partial charge in [0, 0.05) is 32.6 Å². The zero-order valence-corrected chi connectivity index (χ0v) is 35.4. The molecule has 0 aromatic rings. The van der Waals surface area contributed by atoms with Crippen LogP contribution in [-0.4, -0.2) is 267 Å². The van der Waals surface area contributed by atoms with Gasteiger partial charge in [-0.3, -0.25) is 24.1 Å². The zero-order valence-electron chi connectivity index (χ0n) is 35.4. The van der Waals surface area contributed by atoms with Crippen molar-refractivity contribution in [3.05, 3.63) is 0 Å². The summed E-state index contributed by atoms with van der Waals surface area (Å²) in [4.78, 5) is 53.6. The van der Waals surface area contributed by atoms with E-state index in [1.54, 1.807) is 6.92 Å². The van der Waals surface area contributed by atoms with Gasteiger partial charge in [0.15, 0.2) is 18.9 Å². The summed E-state index contributed by atoms with van der Waals surface area (Å²) in [6.07, 6.45) is -22.2. The van der Waals surface area contributed by atoms with Crippen LogP contribution in [0.3, 0.4) is 0 Å². The number of carbonyl (C=O) groups excluding carboxylic acids is 4. The lowest BCUT2D eigenvalue weighted by Crippen LogP contribution is -2.59. The first-order valence-electron chi connectivity index (χ1n) is 21.1. The number of hydrogen-bond acceptors (Lipinski definition) is 23. The Labute approximate surface area is 368 Å². The van der Waals surface area contributed by atoms with E-state index in [1.807, 2.05) is 0 Å². The largest absolute Gasteiger partial charge is 0.394 e. The maximum atomic E-state index is 13.9. The van der Waals surface area contributed by atoms with Crippen LogP contribution in [0.25, 0.3) is 0 Å². The van der Waals surface area contributed by atoms with Gasteiger partial charge in [0.05, 0.1) is 58.8 Å². The molecule has 0 unspecified atom stereocenters. The Morgan fingerprint density at radius 1 is 0.500 bits per heavy atom. The molecule has 0 bridgehead atoms. The van der Waals surface area contributed by atoms with E-state index in [0.717, 1.165) is 0 Å².